The smallest absolute Gasteiger partial charge is 0.219 e. The van der Waals surface area contributed by atoms with E-state index in [0.717, 1.165) is 48.5 Å². The zero-order valence-electron chi connectivity index (χ0n) is 17.0. The van der Waals surface area contributed by atoms with Crippen LogP contribution in [0.4, 0.5) is 0 Å². The molecule has 1 saturated carbocycles. The van der Waals surface area contributed by atoms with Crippen molar-refractivity contribution in [1.29, 1.82) is 0 Å². The molecular weight excluding hydrogens is 386 g/mol. The number of thiazole rings is 1. The summed E-state index contributed by atoms with van der Waals surface area (Å²) in [7, 11) is 0. The molecule has 3 heterocycles. The van der Waals surface area contributed by atoms with Gasteiger partial charge in [0.05, 0.1) is 25.5 Å². The van der Waals surface area contributed by atoms with E-state index in [1.165, 1.54) is 37.2 Å². The average Bonchev–Trinajstić information content (AvgIpc) is 3.12. The number of benzene rings is 1. The Kier molecular flexibility index (Phi) is 6.47. The summed E-state index contributed by atoms with van der Waals surface area (Å²) in [4.78, 5) is 21.6. The maximum absolute atomic E-state index is 11.4. The zero-order chi connectivity index (χ0) is 20.2. The first-order valence-corrected chi connectivity index (χ1v) is 11.3. The Morgan fingerprint density at radius 3 is 2.52 bits per heavy atom. The molecule has 0 unspecified atom stereocenters. The van der Waals surface area contributed by atoms with E-state index < -0.39 is 0 Å². The van der Waals surface area contributed by atoms with Crippen LogP contribution < -0.4 is 0 Å². The summed E-state index contributed by atoms with van der Waals surface area (Å²) >= 11 is 1.63. The van der Waals surface area contributed by atoms with E-state index in [0.29, 0.717) is 6.54 Å². The molecule has 3 aliphatic rings. The molecular formula is C22H29N3O3S. The van der Waals surface area contributed by atoms with Crippen molar-refractivity contribution < 1.29 is 14.6 Å². The van der Waals surface area contributed by atoms with E-state index in [9.17, 15) is 9.90 Å². The number of carbonyl (C=O) groups is 1. The number of phenolic OH excluding ortho intramolecular Hbond substituents is 1. The van der Waals surface area contributed by atoms with Gasteiger partial charge in [-0.15, -0.1) is 11.3 Å². The second kappa shape index (κ2) is 9.24. The minimum absolute atomic E-state index is 0.116. The van der Waals surface area contributed by atoms with Crippen molar-refractivity contribution in [2.75, 3.05) is 32.8 Å². The lowest BCUT2D eigenvalue weighted by atomic mass is 9.91. The molecule has 7 heteroatoms. The Morgan fingerprint density at radius 2 is 1.90 bits per heavy atom. The van der Waals surface area contributed by atoms with Gasteiger partial charge in [-0.2, -0.15) is 0 Å². The number of aromatic nitrogens is 1. The first-order valence-electron chi connectivity index (χ1n) is 10.5. The van der Waals surface area contributed by atoms with Gasteiger partial charge in [0.1, 0.15) is 10.8 Å². The number of morpholine rings is 1. The molecule has 1 aromatic carbocycles. The normalized spacial score (nSPS) is 19.7. The van der Waals surface area contributed by atoms with Crippen LogP contribution in [0, 0.1) is 0 Å². The molecule has 2 aromatic rings. The van der Waals surface area contributed by atoms with Crippen LogP contribution in [0.1, 0.15) is 36.8 Å². The lowest BCUT2D eigenvalue weighted by Gasteiger charge is -2.39. The van der Waals surface area contributed by atoms with Crippen LogP contribution in [-0.2, 0) is 22.5 Å². The molecule has 156 valence electrons. The average molecular weight is 416 g/mol. The summed E-state index contributed by atoms with van der Waals surface area (Å²) in [6, 6.07) is 7.98. The number of phenols is 1. The molecule has 1 amide bonds. The number of hydrogen-bond acceptors (Lipinski definition) is 6. The maximum Gasteiger partial charge on any atom is 0.219 e. The van der Waals surface area contributed by atoms with Gasteiger partial charge in [-0.05, 0) is 37.1 Å². The molecule has 1 aliphatic carbocycles. The van der Waals surface area contributed by atoms with Crippen molar-refractivity contribution in [1.82, 2.24) is 14.8 Å². The molecule has 6 nitrogen and oxygen atoms in total. The van der Waals surface area contributed by atoms with Crippen molar-refractivity contribution in [3.8, 4) is 16.3 Å². The van der Waals surface area contributed by atoms with Crippen LogP contribution in [0.2, 0.25) is 0 Å². The minimum Gasteiger partial charge on any atom is -0.508 e. The number of nitrogens with zero attached hydrogens (tertiary/aromatic N) is 3. The summed E-state index contributed by atoms with van der Waals surface area (Å²) in [5.41, 5.74) is 2.11. The predicted molar refractivity (Wildman–Crippen MR) is 114 cm³/mol. The van der Waals surface area contributed by atoms with Crippen LogP contribution >= 0.6 is 11.3 Å². The highest BCUT2D eigenvalue weighted by Gasteiger charge is 2.25. The second-order valence-electron chi connectivity index (χ2n) is 7.86. The standard InChI is InChI=1S/C14H14N2O2S.C8H15NO/c1-9(17)16-7-6-12-13(8-16)19-14(15-12)10-2-4-11(18)5-3-10;1-2-8(3-1)9-4-6-10-7-5-9/h2-5,18H,6-8H2,1H3;8H,1-7H2. The molecule has 1 aromatic heterocycles. The molecule has 0 spiro atoms. The Morgan fingerprint density at radius 1 is 1.17 bits per heavy atom. The molecule has 0 atom stereocenters. The Balaban J connectivity index is 0.000000171. The fourth-order valence-electron chi connectivity index (χ4n) is 3.89. The number of rotatable bonds is 2. The van der Waals surface area contributed by atoms with Crippen LogP contribution in [0.25, 0.3) is 10.6 Å². The van der Waals surface area contributed by atoms with Gasteiger partial charge in [0.15, 0.2) is 0 Å². The van der Waals surface area contributed by atoms with Gasteiger partial charge in [0.25, 0.3) is 0 Å². The van der Waals surface area contributed by atoms with Gasteiger partial charge in [0, 0.05) is 49.5 Å². The first-order chi connectivity index (χ1) is 14.1. The quantitative estimate of drug-likeness (QED) is 0.815. The highest BCUT2D eigenvalue weighted by molar-refractivity contribution is 7.15. The third kappa shape index (κ3) is 4.97. The van der Waals surface area contributed by atoms with Crippen molar-refractivity contribution in [2.45, 2.75) is 45.2 Å². The number of fused-ring (bicyclic) bond motifs is 1. The number of amides is 1. The molecule has 5 rings (SSSR count). The third-order valence-corrected chi connectivity index (χ3v) is 7.06. The predicted octanol–water partition coefficient (Wildman–Crippen LogP) is 3.29. The van der Waals surface area contributed by atoms with Crippen LogP contribution in [-0.4, -0.2) is 64.7 Å². The Bertz CT molecular complexity index is 826. The largest absolute Gasteiger partial charge is 0.508 e. The zero-order valence-corrected chi connectivity index (χ0v) is 17.8. The first kappa shape index (κ1) is 20.3. The highest BCUT2D eigenvalue weighted by Crippen LogP contribution is 2.32. The van der Waals surface area contributed by atoms with Crippen LogP contribution in [0.15, 0.2) is 24.3 Å². The minimum atomic E-state index is 0.116. The van der Waals surface area contributed by atoms with Gasteiger partial charge in [-0.3, -0.25) is 9.69 Å². The van der Waals surface area contributed by atoms with E-state index in [-0.39, 0.29) is 11.7 Å². The molecule has 0 bridgehead atoms. The van der Waals surface area contributed by atoms with Gasteiger partial charge < -0.3 is 14.7 Å². The summed E-state index contributed by atoms with van der Waals surface area (Å²) in [6.45, 7) is 7.27. The molecule has 0 radical (unpaired) electrons. The van der Waals surface area contributed by atoms with Crippen LogP contribution in [0.5, 0.6) is 5.75 Å². The Labute approximate surface area is 176 Å². The number of carbonyl (C=O) groups excluding carboxylic acids is 1. The van der Waals surface area contributed by atoms with Crippen molar-refractivity contribution >= 4 is 17.2 Å². The number of ether oxygens (including phenoxy) is 1. The molecule has 1 saturated heterocycles. The SMILES string of the molecule is C1CC(N2CCOCC2)C1.CC(=O)N1CCc2nc(-c3ccc(O)cc3)sc2C1. The van der Waals surface area contributed by atoms with Gasteiger partial charge in [-0.25, -0.2) is 4.98 Å². The van der Waals surface area contributed by atoms with Crippen molar-refractivity contribution in [2.24, 2.45) is 0 Å². The van der Waals surface area contributed by atoms with E-state index in [2.05, 4.69) is 9.88 Å². The summed E-state index contributed by atoms with van der Waals surface area (Å²) < 4.78 is 5.28. The van der Waals surface area contributed by atoms with E-state index in [1.54, 1.807) is 30.4 Å². The topological polar surface area (TPSA) is 65.9 Å². The number of aromatic hydroxyl groups is 1. The molecule has 1 N–H and O–H groups in total. The summed E-state index contributed by atoms with van der Waals surface area (Å²) in [5.74, 6) is 0.373. The summed E-state index contributed by atoms with van der Waals surface area (Å²) in [6.07, 6.45) is 5.13. The van der Waals surface area contributed by atoms with Crippen LogP contribution in [0.3, 0.4) is 0 Å². The van der Waals surface area contributed by atoms with E-state index in [1.807, 2.05) is 17.0 Å². The monoisotopic (exact) mass is 415 g/mol. The fraction of sp³-hybridized carbons (Fsp3) is 0.545. The van der Waals surface area contributed by atoms with Gasteiger partial charge in [0.2, 0.25) is 5.91 Å². The third-order valence-electron chi connectivity index (χ3n) is 5.93. The summed E-state index contributed by atoms with van der Waals surface area (Å²) in [5, 5.41) is 10.3. The fourth-order valence-corrected chi connectivity index (χ4v) is 5.02. The molecule has 2 aliphatic heterocycles. The van der Waals surface area contributed by atoms with E-state index in [4.69, 9.17) is 4.74 Å². The molecule has 29 heavy (non-hydrogen) atoms. The molecule has 2 fully saturated rings. The lowest BCUT2D eigenvalue weighted by molar-refractivity contribution is -0.129. The maximum atomic E-state index is 11.4. The van der Waals surface area contributed by atoms with E-state index >= 15 is 0 Å². The Hall–Kier alpha value is -1.96. The lowest BCUT2D eigenvalue weighted by Crippen LogP contribution is -2.46. The van der Waals surface area contributed by atoms with Gasteiger partial charge in [-0.1, -0.05) is 6.42 Å². The van der Waals surface area contributed by atoms with Crippen molar-refractivity contribution in [3.05, 3.63) is 34.8 Å². The van der Waals surface area contributed by atoms with Gasteiger partial charge >= 0.3 is 0 Å². The highest BCUT2D eigenvalue weighted by atomic mass is 32.1. The number of hydrogen-bond donors (Lipinski definition) is 1. The van der Waals surface area contributed by atoms with Crippen molar-refractivity contribution in [3.63, 3.8) is 0 Å². The second-order valence-corrected chi connectivity index (χ2v) is 8.94.